The van der Waals surface area contributed by atoms with Crippen LogP contribution in [0.4, 0.5) is 0 Å². The summed E-state index contributed by atoms with van der Waals surface area (Å²) in [6.07, 6.45) is 1.75. The molecule has 3 nitrogen and oxygen atoms in total. The minimum atomic E-state index is -0.551. The van der Waals surface area contributed by atoms with Crippen molar-refractivity contribution in [3.63, 3.8) is 0 Å². The lowest BCUT2D eigenvalue weighted by Crippen LogP contribution is -2.09. The number of methoxy groups -OCH3 is 1. The lowest BCUT2D eigenvalue weighted by Gasteiger charge is -2.18. The third-order valence-corrected chi connectivity index (χ3v) is 4.01. The average molecular weight is 285 g/mol. The quantitative estimate of drug-likeness (QED) is 0.933. The molecule has 1 atom stereocenters. The van der Waals surface area contributed by atoms with E-state index >= 15 is 0 Å². The summed E-state index contributed by atoms with van der Waals surface area (Å²) in [6.45, 7) is 8.03. The van der Waals surface area contributed by atoms with Crippen LogP contribution in [0.25, 0.3) is 0 Å². The standard InChI is InChI=1S/C18H23NO2/c1-11-7-6-8-12(2)17(11)16(20)9-15-14(4)18(21-5)13(3)10-19-15/h6-8,10,16,20H,9H2,1-5H3. The van der Waals surface area contributed by atoms with E-state index in [9.17, 15) is 5.11 Å². The van der Waals surface area contributed by atoms with Gasteiger partial charge in [0.2, 0.25) is 0 Å². The lowest BCUT2D eigenvalue weighted by atomic mass is 9.94. The molecule has 0 fully saturated rings. The number of aliphatic hydroxyl groups is 1. The Labute approximate surface area is 126 Å². The average Bonchev–Trinajstić information content (AvgIpc) is 2.42. The fourth-order valence-corrected chi connectivity index (χ4v) is 2.92. The highest BCUT2D eigenvalue weighted by Crippen LogP contribution is 2.29. The number of aromatic nitrogens is 1. The molecule has 0 amide bonds. The van der Waals surface area contributed by atoms with E-state index in [-0.39, 0.29) is 0 Å². The van der Waals surface area contributed by atoms with Crippen LogP contribution in [0.15, 0.2) is 24.4 Å². The topological polar surface area (TPSA) is 42.4 Å². The van der Waals surface area contributed by atoms with E-state index in [0.29, 0.717) is 6.42 Å². The number of hydrogen-bond donors (Lipinski definition) is 1. The maximum atomic E-state index is 10.6. The normalized spacial score (nSPS) is 12.3. The van der Waals surface area contributed by atoms with Crippen molar-refractivity contribution in [3.8, 4) is 5.75 Å². The summed E-state index contributed by atoms with van der Waals surface area (Å²) in [5.41, 5.74) is 6.12. The molecule has 0 bridgehead atoms. The number of benzene rings is 1. The van der Waals surface area contributed by atoms with E-state index in [1.165, 1.54) is 0 Å². The summed E-state index contributed by atoms with van der Waals surface area (Å²) >= 11 is 0. The molecule has 1 N–H and O–H groups in total. The van der Waals surface area contributed by atoms with Gasteiger partial charge in [0, 0.05) is 29.4 Å². The Bertz CT molecular complexity index is 630. The highest BCUT2D eigenvalue weighted by atomic mass is 16.5. The van der Waals surface area contributed by atoms with Crippen molar-refractivity contribution in [2.45, 2.75) is 40.2 Å². The molecular weight excluding hydrogens is 262 g/mol. The molecule has 0 aliphatic carbocycles. The molecule has 3 heteroatoms. The number of hydrogen-bond acceptors (Lipinski definition) is 3. The second kappa shape index (κ2) is 6.27. The fourth-order valence-electron chi connectivity index (χ4n) is 2.92. The summed E-state index contributed by atoms with van der Waals surface area (Å²) in [7, 11) is 1.67. The van der Waals surface area contributed by atoms with Crippen LogP contribution < -0.4 is 4.74 Å². The van der Waals surface area contributed by atoms with Gasteiger partial charge in [0.25, 0.3) is 0 Å². The number of pyridine rings is 1. The monoisotopic (exact) mass is 285 g/mol. The number of nitrogens with zero attached hydrogens (tertiary/aromatic N) is 1. The van der Waals surface area contributed by atoms with E-state index in [4.69, 9.17) is 4.74 Å². The minimum absolute atomic E-state index is 0.494. The Balaban J connectivity index is 2.34. The summed E-state index contributed by atoms with van der Waals surface area (Å²) in [5, 5.41) is 10.6. The molecule has 1 unspecified atom stereocenters. The van der Waals surface area contributed by atoms with Gasteiger partial charge in [0.15, 0.2) is 0 Å². The molecule has 0 saturated heterocycles. The predicted molar refractivity (Wildman–Crippen MR) is 84.8 cm³/mol. The van der Waals surface area contributed by atoms with Gasteiger partial charge in [0.05, 0.1) is 13.2 Å². The maximum Gasteiger partial charge on any atom is 0.128 e. The second-order valence-corrected chi connectivity index (χ2v) is 5.57. The van der Waals surface area contributed by atoms with Gasteiger partial charge in [-0.25, -0.2) is 0 Å². The zero-order chi connectivity index (χ0) is 15.6. The summed E-state index contributed by atoms with van der Waals surface area (Å²) < 4.78 is 5.43. The van der Waals surface area contributed by atoms with Crippen molar-refractivity contribution < 1.29 is 9.84 Å². The van der Waals surface area contributed by atoms with Gasteiger partial charge in [0.1, 0.15) is 5.75 Å². The summed E-state index contributed by atoms with van der Waals surface area (Å²) in [5.74, 6) is 0.855. The number of rotatable bonds is 4. The van der Waals surface area contributed by atoms with Crippen LogP contribution in [0, 0.1) is 27.7 Å². The molecule has 1 aromatic heterocycles. The highest BCUT2D eigenvalue weighted by Gasteiger charge is 2.17. The molecule has 1 aromatic carbocycles. The number of ether oxygens (including phenoxy) is 1. The second-order valence-electron chi connectivity index (χ2n) is 5.57. The predicted octanol–water partition coefficient (Wildman–Crippen LogP) is 3.60. The zero-order valence-electron chi connectivity index (χ0n) is 13.4. The Hall–Kier alpha value is -1.87. The highest BCUT2D eigenvalue weighted by molar-refractivity contribution is 5.42. The first-order valence-corrected chi connectivity index (χ1v) is 7.19. The van der Waals surface area contributed by atoms with Gasteiger partial charge in [-0.1, -0.05) is 18.2 Å². The Morgan fingerprint density at radius 1 is 1.10 bits per heavy atom. The van der Waals surface area contributed by atoms with Gasteiger partial charge in [-0.05, 0) is 44.4 Å². The van der Waals surface area contributed by atoms with Crippen LogP contribution in [0.3, 0.4) is 0 Å². The van der Waals surface area contributed by atoms with E-state index < -0.39 is 6.10 Å². The van der Waals surface area contributed by atoms with E-state index in [1.54, 1.807) is 13.3 Å². The third-order valence-electron chi connectivity index (χ3n) is 4.01. The Kier molecular flexibility index (Phi) is 4.63. The van der Waals surface area contributed by atoms with Gasteiger partial charge >= 0.3 is 0 Å². The molecule has 0 aliphatic rings. The zero-order valence-corrected chi connectivity index (χ0v) is 13.4. The number of aliphatic hydroxyl groups excluding tert-OH is 1. The van der Waals surface area contributed by atoms with Gasteiger partial charge in [-0.15, -0.1) is 0 Å². The van der Waals surface area contributed by atoms with Gasteiger partial charge in [-0.3, -0.25) is 4.98 Å². The van der Waals surface area contributed by atoms with Crippen molar-refractivity contribution >= 4 is 0 Å². The van der Waals surface area contributed by atoms with Crippen molar-refractivity contribution in [2.75, 3.05) is 7.11 Å². The van der Waals surface area contributed by atoms with Gasteiger partial charge in [-0.2, -0.15) is 0 Å². The first-order chi connectivity index (χ1) is 9.95. The smallest absolute Gasteiger partial charge is 0.128 e. The Morgan fingerprint density at radius 3 is 2.29 bits per heavy atom. The van der Waals surface area contributed by atoms with Crippen molar-refractivity contribution in [1.29, 1.82) is 0 Å². The third kappa shape index (κ3) is 3.08. The van der Waals surface area contributed by atoms with E-state index in [1.807, 2.05) is 45.9 Å². The SMILES string of the molecule is COc1c(C)cnc(CC(O)c2c(C)cccc2C)c1C. The van der Waals surface area contributed by atoms with Crippen LogP contribution in [0.5, 0.6) is 5.75 Å². The largest absolute Gasteiger partial charge is 0.496 e. The van der Waals surface area contributed by atoms with Crippen LogP contribution in [0.2, 0.25) is 0 Å². The van der Waals surface area contributed by atoms with Crippen LogP contribution >= 0.6 is 0 Å². The number of aryl methyl sites for hydroxylation is 3. The van der Waals surface area contributed by atoms with E-state index in [2.05, 4.69) is 4.98 Å². The molecule has 0 saturated carbocycles. The maximum absolute atomic E-state index is 10.6. The van der Waals surface area contributed by atoms with Crippen LogP contribution in [-0.4, -0.2) is 17.2 Å². The molecule has 21 heavy (non-hydrogen) atoms. The van der Waals surface area contributed by atoms with Crippen molar-refractivity contribution in [2.24, 2.45) is 0 Å². The molecule has 0 spiro atoms. The molecule has 112 valence electrons. The first-order valence-electron chi connectivity index (χ1n) is 7.19. The molecule has 2 rings (SSSR count). The summed E-state index contributed by atoms with van der Waals surface area (Å²) in [6, 6.07) is 6.07. The minimum Gasteiger partial charge on any atom is -0.496 e. The lowest BCUT2D eigenvalue weighted by molar-refractivity contribution is 0.175. The molecule has 2 aromatic rings. The van der Waals surface area contributed by atoms with Crippen molar-refractivity contribution in [3.05, 3.63) is 57.9 Å². The van der Waals surface area contributed by atoms with Gasteiger partial charge < -0.3 is 9.84 Å². The van der Waals surface area contributed by atoms with E-state index in [0.717, 1.165) is 39.3 Å². The molecular formula is C18H23NO2. The van der Waals surface area contributed by atoms with Crippen molar-refractivity contribution in [1.82, 2.24) is 4.98 Å². The van der Waals surface area contributed by atoms with Crippen LogP contribution in [0.1, 0.15) is 39.6 Å². The molecule has 0 radical (unpaired) electrons. The summed E-state index contributed by atoms with van der Waals surface area (Å²) in [4.78, 5) is 4.47. The molecule has 0 aliphatic heterocycles. The first kappa shape index (κ1) is 15.5. The molecule has 1 heterocycles. The van der Waals surface area contributed by atoms with Crippen LogP contribution in [-0.2, 0) is 6.42 Å². The fraction of sp³-hybridized carbons (Fsp3) is 0.389. The Morgan fingerprint density at radius 2 is 1.71 bits per heavy atom.